The zero-order valence-corrected chi connectivity index (χ0v) is 9.56. The van der Waals surface area contributed by atoms with Gasteiger partial charge < -0.3 is 0 Å². The first-order valence-electron chi connectivity index (χ1n) is 4.67. The Morgan fingerprint density at radius 2 is 1.71 bits per heavy atom. The molecule has 1 nitrogen and oxygen atoms in total. The summed E-state index contributed by atoms with van der Waals surface area (Å²) in [6.45, 7) is 6.17. The molecule has 14 heavy (non-hydrogen) atoms. The third-order valence-corrected chi connectivity index (χ3v) is 2.11. The summed E-state index contributed by atoms with van der Waals surface area (Å²) in [6.07, 6.45) is 0.564. The zero-order valence-electron chi connectivity index (χ0n) is 8.80. The molecule has 0 radical (unpaired) electrons. The van der Waals surface area contributed by atoms with Crippen LogP contribution in [0.5, 0.6) is 0 Å². The molecular weight excluding hydrogens is 196 g/mol. The Morgan fingerprint density at radius 1 is 1.21 bits per heavy atom. The molecule has 0 saturated heterocycles. The summed E-state index contributed by atoms with van der Waals surface area (Å²) in [6, 6.07) is 7.04. The standard InChI is InChI=1S/C12H15ClO/c1-12(2,3)8-11(14)9-4-6-10(13)7-5-9/h4-7H,8H2,1-3H3. The van der Waals surface area contributed by atoms with Crippen molar-refractivity contribution in [2.24, 2.45) is 5.41 Å². The van der Waals surface area contributed by atoms with E-state index < -0.39 is 0 Å². The Kier molecular flexibility index (Phi) is 3.33. The van der Waals surface area contributed by atoms with E-state index in [1.165, 1.54) is 0 Å². The number of rotatable bonds is 2. The largest absolute Gasteiger partial charge is 0.294 e. The molecule has 0 aromatic heterocycles. The molecular formula is C12H15ClO. The van der Waals surface area contributed by atoms with Crippen LogP contribution in [0.2, 0.25) is 5.02 Å². The fourth-order valence-electron chi connectivity index (χ4n) is 1.22. The smallest absolute Gasteiger partial charge is 0.163 e. The first kappa shape index (κ1) is 11.3. The van der Waals surface area contributed by atoms with Crippen molar-refractivity contribution < 1.29 is 4.79 Å². The lowest BCUT2D eigenvalue weighted by Gasteiger charge is -2.16. The average Bonchev–Trinajstić information content (AvgIpc) is 2.02. The van der Waals surface area contributed by atoms with Gasteiger partial charge in [-0.2, -0.15) is 0 Å². The second-order valence-electron chi connectivity index (χ2n) is 4.67. The molecule has 0 heterocycles. The van der Waals surface area contributed by atoms with Crippen LogP contribution in [0.25, 0.3) is 0 Å². The van der Waals surface area contributed by atoms with Crippen molar-refractivity contribution in [3.63, 3.8) is 0 Å². The highest BCUT2D eigenvalue weighted by molar-refractivity contribution is 6.30. The second-order valence-corrected chi connectivity index (χ2v) is 5.10. The van der Waals surface area contributed by atoms with E-state index in [-0.39, 0.29) is 11.2 Å². The molecule has 0 atom stereocenters. The van der Waals surface area contributed by atoms with E-state index in [0.717, 1.165) is 5.56 Å². The van der Waals surface area contributed by atoms with Crippen LogP contribution in [-0.4, -0.2) is 5.78 Å². The predicted molar refractivity (Wildman–Crippen MR) is 59.9 cm³/mol. The maximum atomic E-state index is 11.7. The number of hydrogen-bond acceptors (Lipinski definition) is 1. The van der Waals surface area contributed by atoms with E-state index in [1.807, 2.05) is 0 Å². The number of carbonyl (C=O) groups is 1. The van der Waals surface area contributed by atoms with Crippen molar-refractivity contribution >= 4 is 17.4 Å². The fourth-order valence-corrected chi connectivity index (χ4v) is 1.35. The Morgan fingerprint density at radius 3 is 2.14 bits per heavy atom. The van der Waals surface area contributed by atoms with E-state index in [9.17, 15) is 4.79 Å². The predicted octanol–water partition coefficient (Wildman–Crippen LogP) is 3.96. The van der Waals surface area contributed by atoms with Gasteiger partial charge in [0.1, 0.15) is 0 Å². The van der Waals surface area contributed by atoms with Gasteiger partial charge in [-0.1, -0.05) is 32.4 Å². The summed E-state index contributed by atoms with van der Waals surface area (Å²) in [4.78, 5) is 11.7. The van der Waals surface area contributed by atoms with Gasteiger partial charge in [-0.25, -0.2) is 0 Å². The van der Waals surface area contributed by atoms with Gasteiger partial charge in [0.25, 0.3) is 0 Å². The molecule has 0 fully saturated rings. The Labute approximate surface area is 90.1 Å². The van der Waals surface area contributed by atoms with Crippen molar-refractivity contribution in [1.29, 1.82) is 0 Å². The first-order valence-corrected chi connectivity index (χ1v) is 5.05. The van der Waals surface area contributed by atoms with Gasteiger partial charge in [0.2, 0.25) is 0 Å². The van der Waals surface area contributed by atoms with E-state index in [2.05, 4.69) is 20.8 Å². The third-order valence-electron chi connectivity index (χ3n) is 1.86. The minimum Gasteiger partial charge on any atom is -0.294 e. The molecule has 0 unspecified atom stereocenters. The summed E-state index contributed by atoms with van der Waals surface area (Å²) in [5, 5.41) is 0.664. The maximum Gasteiger partial charge on any atom is 0.163 e. The second kappa shape index (κ2) is 4.14. The van der Waals surface area contributed by atoms with Gasteiger partial charge in [-0.05, 0) is 29.7 Å². The minimum atomic E-state index is 0.0384. The molecule has 0 aliphatic carbocycles. The van der Waals surface area contributed by atoms with Crippen LogP contribution in [0.3, 0.4) is 0 Å². The number of carbonyl (C=O) groups excluding carboxylic acids is 1. The number of benzene rings is 1. The highest BCUT2D eigenvalue weighted by atomic mass is 35.5. The molecule has 0 bridgehead atoms. The van der Waals surface area contributed by atoms with Gasteiger partial charge >= 0.3 is 0 Å². The molecule has 0 saturated carbocycles. The summed E-state index contributed by atoms with van der Waals surface area (Å²) < 4.78 is 0. The lowest BCUT2D eigenvalue weighted by Crippen LogP contribution is -2.12. The number of hydrogen-bond donors (Lipinski definition) is 0. The summed E-state index contributed by atoms with van der Waals surface area (Å²) in [7, 11) is 0. The molecule has 76 valence electrons. The zero-order chi connectivity index (χ0) is 10.8. The fraction of sp³-hybridized carbons (Fsp3) is 0.417. The third kappa shape index (κ3) is 3.51. The van der Waals surface area contributed by atoms with Crippen LogP contribution in [0, 0.1) is 5.41 Å². The minimum absolute atomic E-state index is 0.0384. The molecule has 0 spiro atoms. The first-order chi connectivity index (χ1) is 6.38. The van der Waals surface area contributed by atoms with E-state index in [4.69, 9.17) is 11.6 Å². The lowest BCUT2D eigenvalue weighted by molar-refractivity contribution is 0.0940. The van der Waals surface area contributed by atoms with E-state index in [1.54, 1.807) is 24.3 Å². The van der Waals surface area contributed by atoms with Crippen LogP contribution in [0.15, 0.2) is 24.3 Å². The van der Waals surface area contributed by atoms with E-state index >= 15 is 0 Å². The van der Waals surface area contributed by atoms with Crippen molar-refractivity contribution in [3.8, 4) is 0 Å². The molecule has 0 N–H and O–H groups in total. The molecule has 0 aliphatic rings. The van der Waals surface area contributed by atoms with Gasteiger partial charge in [-0.3, -0.25) is 4.79 Å². The van der Waals surface area contributed by atoms with Crippen molar-refractivity contribution in [2.75, 3.05) is 0 Å². The highest BCUT2D eigenvalue weighted by Gasteiger charge is 2.16. The average molecular weight is 211 g/mol. The van der Waals surface area contributed by atoms with Gasteiger partial charge in [0, 0.05) is 17.0 Å². The summed E-state index contributed by atoms with van der Waals surface area (Å²) in [5.74, 6) is 0.175. The van der Waals surface area contributed by atoms with Gasteiger partial charge in [0.05, 0.1) is 0 Å². The van der Waals surface area contributed by atoms with Crippen molar-refractivity contribution in [2.45, 2.75) is 27.2 Å². The van der Waals surface area contributed by atoms with Crippen LogP contribution in [0.4, 0.5) is 0 Å². The van der Waals surface area contributed by atoms with Crippen molar-refractivity contribution in [1.82, 2.24) is 0 Å². The van der Waals surface area contributed by atoms with Gasteiger partial charge in [-0.15, -0.1) is 0 Å². The van der Waals surface area contributed by atoms with Crippen molar-refractivity contribution in [3.05, 3.63) is 34.9 Å². The highest BCUT2D eigenvalue weighted by Crippen LogP contribution is 2.22. The normalized spacial score (nSPS) is 11.4. The quantitative estimate of drug-likeness (QED) is 0.676. The maximum absolute atomic E-state index is 11.7. The lowest BCUT2D eigenvalue weighted by atomic mass is 9.88. The number of Topliss-reactive ketones (excluding diaryl/α,β-unsaturated/α-hetero) is 1. The monoisotopic (exact) mass is 210 g/mol. The summed E-state index contributed by atoms with van der Waals surface area (Å²) in [5.41, 5.74) is 0.779. The number of halogens is 1. The van der Waals surface area contributed by atoms with Crippen LogP contribution in [0.1, 0.15) is 37.6 Å². The van der Waals surface area contributed by atoms with Crippen LogP contribution < -0.4 is 0 Å². The Bertz CT molecular complexity index is 319. The van der Waals surface area contributed by atoms with E-state index in [0.29, 0.717) is 11.4 Å². The molecule has 0 amide bonds. The van der Waals surface area contributed by atoms with Gasteiger partial charge in [0.15, 0.2) is 5.78 Å². The molecule has 0 aliphatic heterocycles. The Hall–Kier alpha value is -0.820. The molecule has 1 aromatic carbocycles. The summed E-state index contributed by atoms with van der Waals surface area (Å²) >= 11 is 5.74. The molecule has 1 aromatic rings. The SMILES string of the molecule is CC(C)(C)CC(=O)c1ccc(Cl)cc1. The number of ketones is 1. The Balaban J connectivity index is 2.76. The topological polar surface area (TPSA) is 17.1 Å². The molecule has 1 rings (SSSR count). The van der Waals surface area contributed by atoms with Crippen LogP contribution >= 0.6 is 11.6 Å². The van der Waals surface area contributed by atoms with Crippen LogP contribution in [-0.2, 0) is 0 Å². The molecule has 2 heteroatoms.